The smallest absolute Gasteiger partial charge is 0.222 e. The van der Waals surface area contributed by atoms with Crippen LogP contribution >= 0.6 is 0 Å². The number of piperidine rings is 1. The van der Waals surface area contributed by atoms with E-state index >= 15 is 0 Å². The summed E-state index contributed by atoms with van der Waals surface area (Å²) in [6, 6.07) is 0.377. The SMILES string of the molecule is CN1C(=O)CC[C@@]2(C)C1CC[C@H]1[C@@H]3CC[C@H](C(=O)[O-])[C@@]3(C)CC[C@@H]12. The number of likely N-dealkylation sites (tertiary alicyclic amines) is 1. The Morgan fingerprint density at radius 1 is 1.04 bits per heavy atom. The zero-order valence-corrected chi connectivity index (χ0v) is 15.2. The fraction of sp³-hybridized carbons (Fsp3) is 0.900. The molecule has 4 nitrogen and oxygen atoms in total. The highest BCUT2D eigenvalue weighted by atomic mass is 16.4. The highest BCUT2D eigenvalue weighted by Crippen LogP contribution is 2.65. The first kappa shape index (κ1) is 16.4. The molecule has 0 aromatic heterocycles. The van der Waals surface area contributed by atoms with Crippen molar-refractivity contribution in [2.45, 2.75) is 71.3 Å². The summed E-state index contributed by atoms with van der Waals surface area (Å²) in [6.45, 7) is 4.62. The van der Waals surface area contributed by atoms with E-state index in [2.05, 4.69) is 13.8 Å². The number of hydrogen-bond acceptors (Lipinski definition) is 3. The van der Waals surface area contributed by atoms with Gasteiger partial charge in [0.15, 0.2) is 0 Å². The lowest BCUT2D eigenvalue weighted by atomic mass is 9.47. The molecular formula is C20H30NO3-. The largest absolute Gasteiger partial charge is 0.550 e. The van der Waals surface area contributed by atoms with Crippen molar-refractivity contribution in [1.82, 2.24) is 4.90 Å². The van der Waals surface area contributed by atoms with Crippen molar-refractivity contribution in [1.29, 1.82) is 0 Å². The summed E-state index contributed by atoms with van der Waals surface area (Å²) in [5, 5.41) is 11.6. The second-order valence-corrected chi connectivity index (χ2v) is 9.47. The van der Waals surface area contributed by atoms with E-state index in [1.807, 2.05) is 11.9 Å². The van der Waals surface area contributed by atoms with Gasteiger partial charge in [0.1, 0.15) is 0 Å². The number of rotatable bonds is 1. The van der Waals surface area contributed by atoms with Gasteiger partial charge < -0.3 is 14.8 Å². The average Bonchev–Trinajstić information content (AvgIpc) is 2.89. The topological polar surface area (TPSA) is 60.4 Å². The predicted octanol–water partition coefficient (Wildman–Crippen LogP) is 2.22. The van der Waals surface area contributed by atoms with E-state index in [0.29, 0.717) is 36.1 Å². The Bertz CT molecular complexity index is 575. The van der Waals surface area contributed by atoms with Gasteiger partial charge in [-0.1, -0.05) is 13.8 Å². The van der Waals surface area contributed by atoms with Gasteiger partial charge in [-0.25, -0.2) is 0 Å². The summed E-state index contributed by atoms with van der Waals surface area (Å²) < 4.78 is 0. The van der Waals surface area contributed by atoms with E-state index in [4.69, 9.17) is 0 Å². The third kappa shape index (κ3) is 1.97. The van der Waals surface area contributed by atoms with Gasteiger partial charge in [-0.2, -0.15) is 0 Å². The molecule has 1 saturated heterocycles. The second kappa shape index (κ2) is 5.22. The first-order valence-electron chi connectivity index (χ1n) is 9.75. The third-order valence-corrected chi connectivity index (χ3v) is 8.84. The number of carboxylic acid groups (broad SMARTS) is 1. The van der Waals surface area contributed by atoms with Crippen LogP contribution in [0.1, 0.15) is 65.2 Å². The Balaban J connectivity index is 1.64. The molecule has 3 aliphatic carbocycles. The highest BCUT2D eigenvalue weighted by molar-refractivity contribution is 5.77. The van der Waals surface area contributed by atoms with Crippen molar-refractivity contribution >= 4 is 11.9 Å². The first-order chi connectivity index (χ1) is 11.3. The van der Waals surface area contributed by atoms with E-state index in [9.17, 15) is 14.7 Å². The molecule has 4 heteroatoms. The summed E-state index contributed by atoms with van der Waals surface area (Å²) >= 11 is 0. The molecule has 3 saturated carbocycles. The number of hydrogen-bond donors (Lipinski definition) is 0. The lowest BCUT2D eigenvalue weighted by Crippen LogP contribution is -2.61. The van der Waals surface area contributed by atoms with Crippen LogP contribution in [0.5, 0.6) is 0 Å². The molecule has 1 unspecified atom stereocenters. The van der Waals surface area contributed by atoms with Crippen LogP contribution in [0.3, 0.4) is 0 Å². The molecule has 1 amide bonds. The number of nitrogens with zero attached hydrogens (tertiary/aromatic N) is 1. The van der Waals surface area contributed by atoms with Crippen molar-refractivity contribution in [2.75, 3.05) is 7.05 Å². The monoisotopic (exact) mass is 332 g/mol. The Morgan fingerprint density at radius 2 is 1.75 bits per heavy atom. The lowest BCUT2D eigenvalue weighted by Gasteiger charge is -2.61. The normalized spacial score (nSPS) is 50.9. The summed E-state index contributed by atoms with van der Waals surface area (Å²) in [5.41, 5.74) is 0.145. The van der Waals surface area contributed by atoms with Crippen molar-refractivity contribution in [2.24, 2.45) is 34.5 Å². The molecule has 0 aromatic rings. The molecule has 1 aliphatic heterocycles. The minimum atomic E-state index is -0.832. The average molecular weight is 332 g/mol. The van der Waals surface area contributed by atoms with Crippen molar-refractivity contribution < 1.29 is 14.7 Å². The van der Waals surface area contributed by atoms with Gasteiger partial charge in [0, 0.05) is 31.4 Å². The Kier molecular flexibility index (Phi) is 3.57. The van der Waals surface area contributed by atoms with Crippen LogP contribution < -0.4 is 5.11 Å². The van der Waals surface area contributed by atoms with Gasteiger partial charge in [-0.15, -0.1) is 0 Å². The van der Waals surface area contributed by atoms with E-state index < -0.39 is 5.97 Å². The van der Waals surface area contributed by atoms with Crippen molar-refractivity contribution in [3.63, 3.8) is 0 Å². The number of carbonyl (C=O) groups is 2. The summed E-state index contributed by atoms with van der Waals surface area (Å²) in [6.07, 6.45) is 7.90. The van der Waals surface area contributed by atoms with Crippen LogP contribution in [0.2, 0.25) is 0 Å². The number of carboxylic acids is 1. The van der Waals surface area contributed by atoms with Gasteiger partial charge >= 0.3 is 0 Å². The first-order valence-corrected chi connectivity index (χ1v) is 9.75. The van der Waals surface area contributed by atoms with Gasteiger partial charge in [0.05, 0.1) is 0 Å². The molecule has 24 heavy (non-hydrogen) atoms. The number of fused-ring (bicyclic) bond motifs is 5. The molecule has 0 aromatic carbocycles. The molecule has 0 spiro atoms. The Labute approximate surface area is 145 Å². The third-order valence-electron chi connectivity index (χ3n) is 8.84. The predicted molar refractivity (Wildman–Crippen MR) is 88.7 cm³/mol. The zero-order valence-electron chi connectivity index (χ0n) is 15.2. The quantitative estimate of drug-likeness (QED) is 0.740. The highest BCUT2D eigenvalue weighted by Gasteiger charge is 2.61. The van der Waals surface area contributed by atoms with E-state index in [1.54, 1.807) is 0 Å². The summed E-state index contributed by atoms with van der Waals surface area (Å²) in [7, 11) is 1.99. The summed E-state index contributed by atoms with van der Waals surface area (Å²) in [4.78, 5) is 25.8. The Hall–Kier alpha value is -1.06. The minimum absolute atomic E-state index is 0.0699. The minimum Gasteiger partial charge on any atom is -0.550 e. The maximum absolute atomic E-state index is 12.2. The van der Waals surface area contributed by atoms with E-state index in [-0.39, 0.29) is 16.7 Å². The molecule has 7 atom stereocenters. The van der Waals surface area contributed by atoms with E-state index in [0.717, 1.165) is 44.9 Å². The fourth-order valence-electron chi connectivity index (χ4n) is 7.54. The standard InChI is InChI=1S/C20H31NO3/c1-19-10-8-14-12(13(19)5-6-15(19)18(23)24)4-7-16-20(14,2)11-9-17(22)21(16)3/h12-16H,4-11H2,1-3H3,(H,23,24)/p-1/t12-,13-,14-,15+,16?,19-,20+/m0/s1. The fourth-order valence-corrected chi connectivity index (χ4v) is 7.54. The molecule has 1 heterocycles. The van der Waals surface area contributed by atoms with Crippen LogP contribution in [0.25, 0.3) is 0 Å². The molecule has 4 aliphatic rings. The van der Waals surface area contributed by atoms with Crippen LogP contribution in [-0.2, 0) is 9.59 Å². The molecule has 134 valence electrons. The molecule has 0 N–H and O–H groups in total. The van der Waals surface area contributed by atoms with Crippen LogP contribution in [0.15, 0.2) is 0 Å². The van der Waals surface area contributed by atoms with Gasteiger partial charge in [0.25, 0.3) is 0 Å². The van der Waals surface area contributed by atoms with Crippen LogP contribution in [0, 0.1) is 34.5 Å². The molecule has 0 bridgehead atoms. The van der Waals surface area contributed by atoms with Gasteiger partial charge in [-0.3, -0.25) is 4.79 Å². The number of amides is 1. The van der Waals surface area contributed by atoms with Crippen molar-refractivity contribution in [3.8, 4) is 0 Å². The van der Waals surface area contributed by atoms with Crippen molar-refractivity contribution in [3.05, 3.63) is 0 Å². The number of aliphatic carboxylic acids is 1. The van der Waals surface area contributed by atoms with E-state index in [1.165, 1.54) is 0 Å². The molecule has 0 radical (unpaired) electrons. The van der Waals surface area contributed by atoms with Gasteiger partial charge in [0.2, 0.25) is 5.91 Å². The van der Waals surface area contributed by atoms with Crippen LogP contribution in [-0.4, -0.2) is 29.9 Å². The molecule has 4 rings (SSSR count). The van der Waals surface area contributed by atoms with Crippen LogP contribution in [0.4, 0.5) is 0 Å². The second-order valence-electron chi connectivity index (χ2n) is 9.47. The molecule has 4 fully saturated rings. The number of carbonyl (C=O) groups excluding carboxylic acids is 2. The zero-order chi connectivity index (χ0) is 17.3. The summed E-state index contributed by atoms with van der Waals surface area (Å²) in [5.74, 6) is 1.02. The maximum Gasteiger partial charge on any atom is 0.222 e. The molecular weight excluding hydrogens is 302 g/mol. The van der Waals surface area contributed by atoms with Gasteiger partial charge in [-0.05, 0) is 73.5 Å². The maximum atomic E-state index is 12.2. The Morgan fingerprint density at radius 3 is 2.46 bits per heavy atom. The lowest BCUT2D eigenvalue weighted by molar-refractivity contribution is -0.315.